The van der Waals surface area contributed by atoms with Crippen LogP contribution in [0.5, 0.6) is 0 Å². The molecule has 15 heavy (non-hydrogen) atoms. The molecule has 0 spiro atoms. The van der Waals surface area contributed by atoms with Crippen molar-refractivity contribution in [3.05, 3.63) is 0 Å². The third kappa shape index (κ3) is 1.92. The number of amides is 1. The monoisotopic (exact) mass is 209 g/mol. The van der Waals surface area contributed by atoms with E-state index in [2.05, 4.69) is 0 Å². The van der Waals surface area contributed by atoms with E-state index in [1.54, 1.807) is 6.92 Å². The Morgan fingerprint density at radius 3 is 2.80 bits per heavy atom. The molecule has 1 aliphatic heterocycles. The van der Waals surface area contributed by atoms with E-state index in [4.69, 9.17) is 0 Å². The average molecular weight is 209 g/mol. The van der Waals surface area contributed by atoms with Crippen molar-refractivity contribution in [2.75, 3.05) is 13.1 Å². The highest BCUT2D eigenvalue weighted by atomic mass is 16.2. The summed E-state index contributed by atoms with van der Waals surface area (Å²) in [6.07, 6.45) is 2.88. The van der Waals surface area contributed by atoms with Crippen LogP contribution in [0, 0.1) is 17.8 Å². The second kappa shape index (κ2) is 3.95. The second-order valence-electron chi connectivity index (χ2n) is 4.97. The predicted octanol–water partition coefficient (Wildman–Crippen LogP) is 1.47. The van der Waals surface area contributed by atoms with Crippen molar-refractivity contribution < 1.29 is 9.59 Å². The van der Waals surface area contributed by atoms with Crippen molar-refractivity contribution in [2.45, 2.75) is 33.1 Å². The average Bonchev–Trinajstić information content (AvgIpc) is 2.23. The van der Waals surface area contributed by atoms with Crippen LogP contribution >= 0.6 is 0 Å². The molecule has 3 unspecified atom stereocenters. The molecule has 3 atom stereocenters. The summed E-state index contributed by atoms with van der Waals surface area (Å²) in [5.41, 5.74) is 0. The van der Waals surface area contributed by atoms with Crippen LogP contribution in [0.25, 0.3) is 0 Å². The summed E-state index contributed by atoms with van der Waals surface area (Å²) in [6.45, 7) is 5.34. The van der Waals surface area contributed by atoms with Gasteiger partial charge < -0.3 is 4.90 Å². The highest BCUT2D eigenvalue weighted by Crippen LogP contribution is 2.38. The molecule has 1 amide bonds. The number of likely N-dealkylation sites (tertiary alicyclic amines) is 1. The SMILES string of the molecule is CC(=O)N1CCC2CCC(=O)C(C)C2C1. The van der Waals surface area contributed by atoms with Crippen LogP contribution < -0.4 is 0 Å². The van der Waals surface area contributed by atoms with Gasteiger partial charge in [-0.2, -0.15) is 0 Å². The molecule has 2 rings (SSSR count). The number of fused-ring (bicyclic) bond motifs is 1. The second-order valence-corrected chi connectivity index (χ2v) is 4.97. The van der Waals surface area contributed by atoms with Gasteiger partial charge in [0.05, 0.1) is 0 Å². The first-order valence-corrected chi connectivity index (χ1v) is 5.88. The summed E-state index contributed by atoms with van der Waals surface area (Å²) in [5, 5.41) is 0. The van der Waals surface area contributed by atoms with Gasteiger partial charge in [0, 0.05) is 32.4 Å². The number of ketones is 1. The highest BCUT2D eigenvalue weighted by Gasteiger charge is 2.39. The Kier molecular flexibility index (Phi) is 2.81. The smallest absolute Gasteiger partial charge is 0.219 e. The zero-order chi connectivity index (χ0) is 11.0. The largest absolute Gasteiger partial charge is 0.343 e. The summed E-state index contributed by atoms with van der Waals surface area (Å²) in [6, 6.07) is 0. The van der Waals surface area contributed by atoms with E-state index in [0.717, 1.165) is 32.4 Å². The Morgan fingerprint density at radius 1 is 1.40 bits per heavy atom. The lowest BCUT2D eigenvalue weighted by Crippen LogP contribution is -2.48. The summed E-state index contributed by atoms with van der Waals surface area (Å²) in [5.74, 6) is 1.79. The molecule has 1 saturated heterocycles. The number of Topliss-reactive ketones (excluding diaryl/α,β-unsaturated/α-hetero) is 1. The number of piperidine rings is 1. The fourth-order valence-electron chi connectivity index (χ4n) is 3.04. The van der Waals surface area contributed by atoms with Crippen LogP contribution in [0.15, 0.2) is 0 Å². The number of carbonyl (C=O) groups excluding carboxylic acids is 2. The van der Waals surface area contributed by atoms with Crippen molar-refractivity contribution in [3.8, 4) is 0 Å². The number of nitrogens with zero attached hydrogens (tertiary/aromatic N) is 1. The van der Waals surface area contributed by atoms with Crippen LogP contribution in [0.1, 0.15) is 33.1 Å². The fourth-order valence-corrected chi connectivity index (χ4v) is 3.04. The van der Waals surface area contributed by atoms with Gasteiger partial charge in [0.25, 0.3) is 0 Å². The summed E-state index contributed by atoms with van der Waals surface area (Å²) in [7, 11) is 0. The topological polar surface area (TPSA) is 37.4 Å². The van der Waals surface area contributed by atoms with Gasteiger partial charge in [-0.15, -0.1) is 0 Å². The molecule has 0 bridgehead atoms. The van der Waals surface area contributed by atoms with Gasteiger partial charge in [-0.1, -0.05) is 6.92 Å². The molecule has 84 valence electrons. The summed E-state index contributed by atoms with van der Waals surface area (Å²) >= 11 is 0. The molecule has 0 aromatic carbocycles. The Labute approximate surface area is 90.8 Å². The zero-order valence-electron chi connectivity index (χ0n) is 9.53. The van der Waals surface area contributed by atoms with E-state index in [9.17, 15) is 9.59 Å². The van der Waals surface area contributed by atoms with Crippen molar-refractivity contribution in [2.24, 2.45) is 17.8 Å². The van der Waals surface area contributed by atoms with Crippen molar-refractivity contribution in [1.82, 2.24) is 4.90 Å². The molecule has 3 heteroatoms. The molecule has 2 aliphatic rings. The fraction of sp³-hybridized carbons (Fsp3) is 0.833. The molecule has 0 aromatic rings. The van der Waals surface area contributed by atoms with Crippen molar-refractivity contribution in [3.63, 3.8) is 0 Å². The maximum absolute atomic E-state index is 11.6. The van der Waals surface area contributed by atoms with Gasteiger partial charge in [-0.25, -0.2) is 0 Å². The molecule has 1 saturated carbocycles. The van der Waals surface area contributed by atoms with E-state index < -0.39 is 0 Å². The van der Waals surface area contributed by atoms with Crippen LogP contribution in [0.4, 0.5) is 0 Å². The molecule has 2 fully saturated rings. The van der Waals surface area contributed by atoms with Gasteiger partial charge in [0.2, 0.25) is 5.91 Å². The molecule has 1 heterocycles. The Bertz CT molecular complexity index is 287. The van der Waals surface area contributed by atoms with Crippen LogP contribution in [0.3, 0.4) is 0 Å². The minimum Gasteiger partial charge on any atom is -0.343 e. The minimum atomic E-state index is 0.152. The van der Waals surface area contributed by atoms with E-state index in [0.29, 0.717) is 17.6 Å². The third-order valence-corrected chi connectivity index (χ3v) is 4.16. The maximum Gasteiger partial charge on any atom is 0.219 e. The third-order valence-electron chi connectivity index (χ3n) is 4.16. The number of carbonyl (C=O) groups is 2. The van der Waals surface area contributed by atoms with Crippen LogP contribution in [-0.4, -0.2) is 29.7 Å². The lowest BCUT2D eigenvalue weighted by molar-refractivity contribution is -0.137. The van der Waals surface area contributed by atoms with E-state index in [1.807, 2.05) is 11.8 Å². The molecule has 0 N–H and O–H groups in total. The molecule has 0 aromatic heterocycles. The first kappa shape index (κ1) is 10.7. The van der Waals surface area contributed by atoms with Crippen LogP contribution in [-0.2, 0) is 9.59 Å². The molecule has 3 nitrogen and oxygen atoms in total. The molecular formula is C12H19NO2. The van der Waals surface area contributed by atoms with Gasteiger partial charge in [-0.3, -0.25) is 9.59 Å². The molecule has 1 aliphatic carbocycles. The van der Waals surface area contributed by atoms with Gasteiger partial charge in [0.1, 0.15) is 5.78 Å². The normalized spacial score (nSPS) is 36.3. The number of hydrogen-bond donors (Lipinski definition) is 0. The standard InChI is InChI=1S/C12H19NO2/c1-8-11-7-13(9(2)14)6-5-10(11)3-4-12(8)15/h8,10-11H,3-7H2,1-2H3. The first-order chi connectivity index (χ1) is 7.09. The molecular weight excluding hydrogens is 190 g/mol. The van der Waals surface area contributed by atoms with Gasteiger partial charge in [-0.05, 0) is 24.7 Å². The number of hydrogen-bond acceptors (Lipinski definition) is 2. The first-order valence-electron chi connectivity index (χ1n) is 5.88. The summed E-state index contributed by atoms with van der Waals surface area (Å²) < 4.78 is 0. The van der Waals surface area contributed by atoms with Crippen molar-refractivity contribution >= 4 is 11.7 Å². The highest BCUT2D eigenvalue weighted by molar-refractivity contribution is 5.82. The Morgan fingerprint density at radius 2 is 2.13 bits per heavy atom. The minimum absolute atomic E-state index is 0.152. The quantitative estimate of drug-likeness (QED) is 0.606. The van der Waals surface area contributed by atoms with Gasteiger partial charge >= 0.3 is 0 Å². The summed E-state index contributed by atoms with van der Waals surface area (Å²) in [4.78, 5) is 24.8. The van der Waals surface area contributed by atoms with E-state index in [1.165, 1.54) is 0 Å². The lowest BCUT2D eigenvalue weighted by atomic mass is 9.69. The van der Waals surface area contributed by atoms with E-state index >= 15 is 0 Å². The maximum atomic E-state index is 11.6. The number of rotatable bonds is 0. The lowest BCUT2D eigenvalue weighted by Gasteiger charge is -2.43. The Balaban J connectivity index is 2.08. The van der Waals surface area contributed by atoms with Crippen LogP contribution in [0.2, 0.25) is 0 Å². The van der Waals surface area contributed by atoms with Gasteiger partial charge in [0.15, 0.2) is 0 Å². The van der Waals surface area contributed by atoms with E-state index in [-0.39, 0.29) is 11.8 Å². The molecule has 0 radical (unpaired) electrons. The zero-order valence-corrected chi connectivity index (χ0v) is 9.53. The predicted molar refractivity (Wildman–Crippen MR) is 57.3 cm³/mol. The van der Waals surface area contributed by atoms with Crippen molar-refractivity contribution in [1.29, 1.82) is 0 Å². The Hall–Kier alpha value is -0.860.